The number of hydrogen-bond donors (Lipinski definition) is 2. The zero-order valence-corrected chi connectivity index (χ0v) is 12.4. The summed E-state index contributed by atoms with van der Waals surface area (Å²) in [7, 11) is 0. The Morgan fingerprint density at radius 2 is 2.00 bits per heavy atom. The van der Waals surface area contributed by atoms with Gasteiger partial charge in [-0.25, -0.2) is 4.99 Å². The summed E-state index contributed by atoms with van der Waals surface area (Å²) >= 11 is 6.00. The second kappa shape index (κ2) is 6.45. The first-order valence-electron chi connectivity index (χ1n) is 6.51. The number of carbonyl (C=O) groups is 1. The molecule has 0 fully saturated rings. The molecule has 0 amide bonds. The fraction of sp³-hybridized carbons (Fsp3) is 0.200. The highest BCUT2D eigenvalue weighted by Gasteiger charge is 2.12. The van der Waals surface area contributed by atoms with Crippen LogP contribution in [0.4, 0.5) is 17.1 Å². The molecular formula is C15H16ClN3O2. The Bertz CT molecular complexity index is 663. The van der Waals surface area contributed by atoms with Crippen molar-refractivity contribution < 1.29 is 9.53 Å². The Balaban J connectivity index is 2.38. The van der Waals surface area contributed by atoms with Gasteiger partial charge in [-0.2, -0.15) is 0 Å². The van der Waals surface area contributed by atoms with Crippen molar-refractivity contribution in [2.24, 2.45) is 4.99 Å². The molecule has 0 bridgehead atoms. The molecule has 0 saturated carbocycles. The van der Waals surface area contributed by atoms with Crippen LogP contribution in [0.3, 0.4) is 0 Å². The number of benzene rings is 1. The SMILES string of the molecule is CCCOc1cc(N=C2C=CC(=O)C=C2Cl)c(N)cc1N. The first-order valence-corrected chi connectivity index (χ1v) is 6.89. The molecular weight excluding hydrogens is 290 g/mol. The van der Waals surface area contributed by atoms with Gasteiger partial charge in [0.05, 0.1) is 34.4 Å². The minimum Gasteiger partial charge on any atom is -0.491 e. The van der Waals surface area contributed by atoms with Crippen molar-refractivity contribution >= 4 is 40.2 Å². The van der Waals surface area contributed by atoms with E-state index < -0.39 is 0 Å². The lowest BCUT2D eigenvalue weighted by molar-refractivity contribution is -0.110. The monoisotopic (exact) mass is 305 g/mol. The van der Waals surface area contributed by atoms with Crippen LogP contribution in [0.5, 0.6) is 5.75 Å². The lowest BCUT2D eigenvalue weighted by atomic mass is 10.1. The number of nitrogen functional groups attached to an aromatic ring is 2. The quantitative estimate of drug-likeness (QED) is 0.661. The van der Waals surface area contributed by atoms with Gasteiger partial charge in [-0.1, -0.05) is 18.5 Å². The van der Waals surface area contributed by atoms with E-state index in [4.69, 9.17) is 27.8 Å². The number of aliphatic imine (C=N–C) groups is 1. The van der Waals surface area contributed by atoms with E-state index in [0.29, 0.717) is 35.1 Å². The van der Waals surface area contributed by atoms with E-state index in [0.717, 1.165) is 6.42 Å². The van der Waals surface area contributed by atoms with Gasteiger partial charge >= 0.3 is 0 Å². The molecule has 0 aliphatic heterocycles. The van der Waals surface area contributed by atoms with Crippen LogP contribution in [0.25, 0.3) is 0 Å². The average molecular weight is 306 g/mol. The summed E-state index contributed by atoms with van der Waals surface area (Å²) < 4.78 is 5.55. The molecule has 110 valence electrons. The van der Waals surface area contributed by atoms with Crippen LogP contribution in [0, 0.1) is 0 Å². The smallest absolute Gasteiger partial charge is 0.180 e. The maximum atomic E-state index is 11.2. The molecule has 0 saturated heterocycles. The third kappa shape index (κ3) is 3.64. The largest absolute Gasteiger partial charge is 0.491 e. The van der Waals surface area contributed by atoms with E-state index in [2.05, 4.69) is 4.99 Å². The van der Waals surface area contributed by atoms with Crippen LogP contribution in [-0.4, -0.2) is 18.1 Å². The Hall–Kier alpha value is -2.27. The summed E-state index contributed by atoms with van der Waals surface area (Å²) in [5, 5.41) is 0.273. The summed E-state index contributed by atoms with van der Waals surface area (Å²) in [6.07, 6.45) is 5.12. The van der Waals surface area contributed by atoms with Gasteiger partial charge in [0.2, 0.25) is 0 Å². The van der Waals surface area contributed by atoms with Crippen molar-refractivity contribution in [1.82, 2.24) is 0 Å². The van der Waals surface area contributed by atoms with E-state index in [1.165, 1.54) is 12.2 Å². The van der Waals surface area contributed by atoms with Crippen molar-refractivity contribution in [2.75, 3.05) is 18.1 Å². The summed E-state index contributed by atoms with van der Waals surface area (Å²) in [4.78, 5) is 15.6. The topological polar surface area (TPSA) is 90.7 Å². The van der Waals surface area contributed by atoms with E-state index in [1.807, 2.05) is 6.92 Å². The van der Waals surface area contributed by atoms with Gasteiger partial charge in [-0.15, -0.1) is 0 Å². The summed E-state index contributed by atoms with van der Waals surface area (Å²) in [6, 6.07) is 3.27. The highest BCUT2D eigenvalue weighted by molar-refractivity contribution is 6.48. The lowest BCUT2D eigenvalue weighted by Gasteiger charge is -2.11. The van der Waals surface area contributed by atoms with Crippen molar-refractivity contribution in [3.63, 3.8) is 0 Å². The number of allylic oxidation sites excluding steroid dienone is 4. The number of hydrogen-bond acceptors (Lipinski definition) is 5. The molecule has 1 aliphatic rings. The zero-order chi connectivity index (χ0) is 15.4. The van der Waals surface area contributed by atoms with Crippen molar-refractivity contribution in [3.8, 4) is 5.75 Å². The third-order valence-electron chi connectivity index (χ3n) is 2.78. The van der Waals surface area contributed by atoms with Crippen LogP contribution in [-0.2, 0) is 4.79 Å². The van der Waals surface area contributed by atoms with Gasteiger partial charge in [0.25, 0.3) is 0 Å². The van der Waals surface area contributed by atoms with Crippen LogP contribution < -0.4 is 16.2 Å². The Morgan fingerprint density at radius 1 is 1.24 bits per heavy atom. The molecule has 5 nitrogen and oxygen atoms in total. The van der Waals surface area contributed by atoms with Gasteiger partial charge in [0, 0.05) is 12.1 Å². The first-order chi connectivity index (χ1) is 10.0. The van der Waals surface area contributed by atoms with E-state index in [-0.39, 0.29) is 10.8 Å². The predicted octanol–water partition coefficient (Wildman–Crippen LogP) is 2.97. The number of nitrogens with zero attached hydrogens (tertiary/aromatic N) is 1. The molecule has 1 aromatic rings. The molecule has 2 rings (SSSR count). The van der Waals surface area contributed by atoms with Crippen LogP contribution in [0.2, 0.25) is 0 Å². The van der Waals surface area contributed by atoms with E-state index in [9.17, 15) is 4.79 Å². The van der Waals surface area contributed by atoms with Gasteiger partial charge in [-0.05, 0) is 24.6 Å². The molecule has 21 heavy (non-hydrogen) atoms. The van der Waals surface area contributed by atoms with Gasteiger partial charge < -0.3 is 16.2 Å². The number of ether oxygens (including phenoxy) is 1. The summed E-state index contributed by atoms with van der Waals surface area (Å²) in [5.74, 6) is 0.359. The van der Waals surface area contributed by atoms with Gasteiger partial charge in [-0.3, -0.25) is 4.79 Å². The standard InChI is InChI=1S/C15H16ClN3O2/c1-2-5-21-15-8-14(11(17)7-12(15)18)19-13-4-3-9(20)6-10(13)16/h3-4,6-8H,2,5,17-18H2,1H3. The van der Waals surface area contributed by atoms with Gasteiger partial charge in [0.15, 0.2) is 5.78 Å². The maximum Gasteiger partial charge on any atom is 0.180 e. The summed E-state index contributed by atoms with van der Waals surface area (Å²) in [5.41, 5.74) is 13.6. The number of nitrogens with two attached hydrogens (primary N) is 2. The van der Waals surface area contributed by atoms with Crippen LogP contribution >= 0.6 is 11.6 Å². The van der Waals surface area contributed by atoms with Crippen LogP contribution in [0.1, 0.15) is 13.3 Å². The highest BCUT2D eigenvalue weighted by Crippen LogP contribution is 2.34. The normalized spacial score (nSPS) is 16.2. The molecule has 0 unspecified atom stereocenters. The fourth-order valence-electron chi connectivity index (χ4n) is 1.75. The highest BCUT2D eigenvalue weighted by atomic mass is 35.5. The minimum absolute atomic E-state index is 0.170. The maximum absolute atomic E-state index is 11.2. The van der Waals surface area contributed by atoms with Gasteiger partial charge in [0.1, 0.15) is 5.75 Å². The predicted molar refractivity (Wildman–Crippen MR) is 86.2 cm³/mol. The molecule has 0 radical (unpaired) electrons. The number of ketones is 1. The Morgan fingerprint density at radius 3 is 2.67 bits per heavy atom. The Labute approximate surface area is 127 Å². The molecule has 0 heterocycles. The number of halogens is 1. The van der Waals surface area contributed by atoms with E-state index in [1.54, 1.807) is 18.2 Å². The fourth-order valence-corrected chi connectivity index (χ4v) is 1.96. The molecule has 0 spiro atoms. The molecule has 0 atom stereocenters. The lowest BCUT2D eigenvalue weighted by Crippen LogP contribution is -2.04. The summed E-state index contributed by atoms with van der Waals surface area (Å²) in [6.45, 7) is 2.56. The third-order valence-corrected chi connectivity index (χ3v) is 3.08. The molecule has 1 aromatic carbocycles. The average Bonchev–Trinajstić information content (AvgIpc) is 2.43. The van der Waals surface area contributed by atoms with Crippen molar-refractivity contribution in [3.05, 3.63) is 35.4 Å². The molecule has 4 N–H and O–H groups in total. The van der Waals surface area contributed by atoms with Crippen LogP contribution in [0.15, 0.2) is 40.4 Å². The number of anilines is 2. The minimum atomic E-state index is -0.170. The Kier molecular flexibility index (Phi) is 4.65. The van der Waals surface area contributed by atoms with Crippen molar-refractivity contribution in [1.29, 1.82) is 0 Å². The van der Waals surface area contributed by atoms with E-state index >= 15 is 0 Å². The number of carbonyl (C=O) groups excluding carboxylic acids is 1. The molecule has 0 aromatic heterocycles. The molecule has 1 aliphatic carbocycles. The first kappa shape index (κ1) is 15.1. The van der Waals surface area contributed by atoms with Crippen molar-refractivity contribution in [2.45, 2.75) is 13.3 Å². The molecule has 6 heteroatoms. The second-order valence-electron chi connectivity index (χ2n) is 4.52. The zero-order valence-electron chi connectivity index (χ0n) is 11.6. The second-order valence-corrected chi connectivity index (χ2v) is 4.93. The number of rotatable bonds is 4.